The number of hydrogen-bond donors (Lipinski definition) is 1. The summed E-state index contributed by atoms with van der Waals surface area (Å²) in [7, 11) is 2.94. The second-order valence-corrected chi connectivity index (χ2v) is 9.79. The number of unbranched alkanes of at least 4 members (excludes halogenated alkanes) is 17. The topological polar surface area (TPSA) is 65.0 Å². The average molecular weight is 505 g/mol. The fourth-order valence-electron chi connectivity index (χ4n) is 4.40. The highest BCUT2D eigenvalue weighted by molar-refractivity contribution is 5.87. The first-order chi connectivity index (χ1) is 17.6. The second-order valence-electron chi connectivity index (χ2n) is 9.79. The van der Waals surface area contributed by atoms with Gasteiger partial charge in [0, 0.05) is 6.08 Å². The number of phenolic OH excluding ortho intramolecular Hbond substituents is 1. The maximum absolute atomic E-state index is 12.0. The normalized spacial score (nSPS) is 11.2. The summed E-state index contributed by atoms with van der Waals surface area (Å²) in [4.78, 5) is 12.0. The highest BCUT2D eigenvalue weighted by atomic mass is 16.5. The van der Waals surface area contributed by atoms with Gasteiger partial charge in [-0.2, -0.15) is 0 Å². The Morgan fingerprint density at radius 2 is 1.08 bits per heavy atom. The zero-order valence-electron chi connectivity index (χ0n) is 23.3. The van der Waals surface area contributed by atoms with Gasteiger partial charge in [-0.15, -0.1) is 0 Å². The Balaban J connectivity index is 1.94. The van der Waals surface area contributed by atoms with Crippen molar-refractivity contribution in [1.29, 1.82) is 0 Å². The number of hydrogen-bond acceptors (Lipinski definition) is 5. The Kier molecular flexibility index (Phi) is 19.5. The van der Waals surface area contributed by atoms with Gasteiger partial charge in [0.05, 0.1) is 20.8 Å². The number of ether oxygens (including phenoxy) is 3. The van der Waals surface area contributed by atoms with Crippen molar-refractivity contribution in [3.63, 3.8) is 0 Å². The summed E-state index contributed by atoms with van der Waals surface area (Å²) < 4.78 is 15.5. The molecule has 0 radical (unpaired) electrons. The molecule has 0 spiro atoms. The molecular weight excluding hydrogens is 452 g/mol. The molecule has 0 aliphatic heterocycles. The van der Waals surface area contributed by atoms with Gasteiger partial charge < -0.3 is 19.3 Å². The van der Waals surface area contributed by atoms with E-state index in [1.807, 2.05) is 0 Å². The summed E-state index contributed by atoms with van der Waals surface area (Å²) in [6.07, 6.45) is 27.1. The first-order valence-electron chi connectivity index (χ1n) is 14.4. The second kappa shape index (κ2) is 22.1. The number of carbonyl (C=O) groups excluding carboxylic acids is 1. The third-order valence-corrected chi connectivity index (χ3v) is 6.66. The highest BCUT2D eigenvalue weighted by Gasteiger charge is 2.10. The SMILES string of the molecule is CCCCCCCCCCCCCCCCCCCCOC(=O)/C=C/c1cc(OC)c(O)c(OC)c1. The Bertz CT molecular complexity index is 688. The molecule has 0 bridgehead atoms. The molecule has 5 nitrogen and oxygen atoms in total. The van der Waals surface area contributed by atoms with Crippen molar-refractivity contribution in [2.24, 2.45) is 0 Å². The number of rotatable bonds is 23. The van der Waals surface area contributed by atoms with Gasteiger partial charge in [-0.05, 0) is 30.2 Å². The lowest BCUT2D eigenvalue weighted by Gasteiger charge is -2.09. The van der Waals surface area contributed by atoms with Crippen LogP contribution in [0.3, 0.4) is 0 Å². The molecule has 0 fully saturated rings. The lowest BCUT2D eigenvalue weighted by atomic mass is 10.0. The molecule has 5 heteroatoms. The molecule has 1 N–H and O–H groups in total. The molecule has 1 rings (SSSR count). The summed E-state index contributed by atoms with van der Waals surface area (Å²) in [5.74, 6) is 0.157. The molecule has 0 saturated carbocycles. The van der Waals surface area contributed by atoms with Crippen LogP contribution >= 0.6 is 0 Å². The van der Waals surface area contributed by atoms with Crippen molar-refractivity contribution in [2.45, 2.75) is 122 Å². The van der Waals surface area contributed by atoms with Gasteiger partial charge in [-0.3, -0.25) is 0 Å². The van der Waals surface area contributed by atoms with Gasteiger partial charge in [0.25, 0.3) is 0 Å². The summed E-state index contributed by atoms with van der Waals surface area (Å²) >= 11 is 0. The van der Waals surface area contributed by atoms with Crippen LogP contribution in [0, 0.1) is 0 Å². The molecule has 36 heavy (non-hydrogen) atoms. The van der Waals surface area contributed by atoms with Gasteiger partial charge in [-0.25, -0.2) is 4.79 Å². The third kappa shape index (κ3) is 15.7. The van der Waals surface area contributed by atoms with Gasteiger partial charge in [0.15, 0.2) is 11.5 Å². The monoisotopic (exact) mass is 504 g/mol. The average Bonchev–Trinajstić information content (AvgIpc) is 2.89. The molecule has 1 aromatic rings. The van der Waals surface area contributed by atoms with E-state index < -0.39 is 0 Å². The summed E-state index contributed by atoms with van der Waals surface area (Å²) in [6, 6.07) is 3.28. The van der Waals surface area contributed by atoms with Crippen LogP contribution in [-0.2, 0) is 9.53 Å². The number of methoxy groups -OCH3 is 2. The fourth-order valence-corrected chi connectivity index (χ4v) is 4.40. The quantitative estimate of drug-likeness (QED) is 0.0915. The lowest BCUT2D eigenvalue weighted by Crippen LogP contribution is -2.02. The molecule has 0 amide bonds. The van der Waals surface area contributed by atoms with Crippen LogP contribution < -0.4 is 9.47 Å². The zero-order chi connectivity index (χ0) is 26.3. The van der Waals surface area contributed by atoms with Crippen molar-refractivity contribution < 1.29 is 24.1 Å². The van der Waals surface area contributed by atoms with Crippen LogP contribution in [0.15, 0.2) is 18.2 Å². The Morgan fingerprint density at radius 1 is 0.694 bits per heavy atom. The van der Waals surface area contributed by atoms with Crippen molar-refractivity contribution in [2.75, 3.05) is 20.8 Å². The van der Waals surface area contributed by atoms with Crippen LogP contribution in [0.1, 0.15) is 128 Å². The molecule has 1 aromatic carbocycles. The molecule has 0 unspecified atom stereocenters. The van der Waals surface area contributed by atoms with Crippen LogP contribution in [0.4, 0.5) is 0 Å². The molecule has 0 aromatic heterocycles. The van der Waals surface area contributed by atoms with E-state index in [0.29, 0.717) is 23.7 Å². The van der Waals surface area contributed by atoms with Crippen molar-refractivity contribution in [1.82, 2.24) is 0 Å². The Labute approximate surface area is 220 Å². The van der Waals surface area contributed by atoms with E-state index in [-0.39, 0.29) is 11.7 Å². The summed E-state index contributed by atoms with van der Waals surface area (Å²) in [5.41, 5.74) is 0.687. The third-order valence-electron chi connectivity index (χ3n) is 6.66. The Hall–Kier alpha value is -2.17. The Morgan fingerprint density at radius 3 is 1.47 bits per heavy atom. The van der Waals surface area contributed by atoms with E-state index in [2.05, 4.69) is 6.92 Å². The van der Waals surface area contributed by atoms with Gasteiger partial charge >= 0.3 is 5.97 Å². The predicted octanol–water partition coefficient (Wildman–Crippen LogP) is 9.01. The maximum Gasteiger partial charge on any atom is 0.330 e. The lowest BCUT2D eigenvalue weighted by molar-refractivity contribution is -0.137. The van der Waals surface area contributed by atoms with Crippen LogP contribution in [0.2, 0.25) is 0 Å². The molecule has 0 aliphatic carbocycles. The van der Waals surface area contributed by atoms with Crippen molar-refractivity contribution in [3.8, 4) is 17.2 Å². The molecule has 206 valence electrons. The first-order valence-corrected chi connectivity index (χ1v) is 14.4. The highest BCUT2D eigenvalue weighted by Crippen LogP contribution is 2.37. The molecule has 0 atom stereocenters. The van der Waals surface area contributed by atoms with Gasteiger partial charge in [-0.1, -0.05) is 116 Å². The van der Waals surface area contributed by atoms with E-state index in [1.54, 1.807) is 18.2 Å². The van der Waals surface area contributed by atoms with E-state index in [1.165, 1.54) is 123 Å². The minimum atomic E-state index is -0.368. The number of benzene rings is 1. The maximum atomic E-state index is 12.0. The first kappa shape index (κ1) is 31.9. The molecule has 0 aliphatic rings. The largest absolute Gasteiger partial charge is 0.502 e. The summed E-state index contributed by atoms with van der Waals surface area (Å²) in [6.45, 7) is 2.73. The number of carbonyl (C=O) groups is 1. The number of aromatic hydroxyl groups is 1. The van der Waals surface area contributed by atoms with E-state index in [4.69, 9.17) is 14.2 Å². The minimum absolute atomic E-state index is 0.0613. The van der Waals surface area contributed by atoms with Crippen LogP contribution in [-0.4, -0.2) is 31.9 Å². The number of esters is 1. The van der Waals surface area contributed by atoms with Gasteiger partial charge in [0.2, 0.25) is 5.75 Å². The molecule has 0 heterocycles. The van der Waals surface area contributed by atoms with Crippen molar-refractivity contribution in [3.05, 3.63) is 23.8 Å². The van der Waals surface area contributed by atoms with Gasteiger partial charge in [0.1, 0.15) is 0 Å². The summed E-state index contributed by atoms with van der Waals surface area (Å²) in [5, 5.41) is 9.95. The van der Waals surface area contributed by atoms with E-state index in [0.717, 1.165) is 12.8 Å². The molecular formula is C31H52O5. The zero-order valence-corrected chi connectivity index (χ0v) is 23.3. The molecule has 0 saturated heterocycles. The minimum Gasteiger partial charge on any atom is -0.502 e. The predicted molar refractivity (Wildman–Crippen MR) is 150 cm³/mol. The number of phenols is 1. The fraction of sp³-hybridized carbons (Fsp3) is 0.710. The van der Waals surface area contributed by atoms with E-state index in [9.17, 15) is 9.90 Å². The smallest absolute Gasteiger partial charge is 0.330 e. The van der Waals surface area contributed by atoms with Crippen LogP contribution in [0.25, 0.3) is 6.08 Å². The van der Waals surface area contributed by atoms with E-state index >= 15 is 0 Å². The standard InChI is InChI=1S/C31H52O5/c1-4-5-6-7-8-9-10-11-12-13-14-15-16-17-18-19-20-21-24-36-30(32)23-22-27-25-28(34-2)31(33)29(26-27)35-3/h22-23,25-26,33H,4-21,24H2,1-3H3/b23-22+. The van der Waals surface area contributed by atoms with Crippen molar-refractivity contribution >= 4 is 12.0 Å². The van der Waals surface area contributed by atoms with Crippen LogP contribution in [0.5, 0.6) is 17.2 Å².